The maximum Gasteiger partial charge on any atom is 0.374 e. The number of nitrogens with one attached hydrogen (secondary N) is 1. The van der Waals surface area contributed by atoms with Crippen LogP contribution >= 0.6 is 0 Å². The Hall–Kier alpha value is -2.60. The van der Waals surface area contributed by atoms with E-state index < -0.39 is 0 Å². The molecular formula is C22H26N4O2. The zero-order valence-electron chi connectivity index (χ0n) is 16.4. The normalized spacial score (nSPS) is 24.3. The van der Waals surface area contributed by atoms with Crippen LogP contribution in [0.4, 0.5) is 0 Å². The lowest BCUT2D eigenvalue weighted by Crippen LogP contribution is -2.48. The summed E-state index contributed by atoms with van der Waals surface area (Å²) in [4.78, 5) is 22.4. The third kappa shape index (κ3) is 2.75. The van der Waals surface area contributed by atoms with E-state index in [0.717, 1.165) is 25.9 Å². The zero-order valence-corrected chi connectivity index (χ0v) is 16.4. The van der Waals surface area contributed by atoms with Crippen molar-refractivity contribution in [3.05, 3.63) is 53.7 Å². The lowest BCUT2D eigenvalue weighted by atomic mass is 9.72. The van der Waals surface area contributed by atoms with E-state index in [1.165, 1.54) is 22.0 Å². The number of piperidine rings is 1. The number of carbonyl (C=O) groups excluding carboxylic acids is 1. The molecule has 5 rings (SSSR count). The number of likely N-dealkylation sites (N-methyl/N-ethyl adjacent to an activating group) is 1. The summed E-state index contributed by atoms with van der Waals surface area (Å²) in [6.07, 6.45) is 7.99. The molecule has 1 aromatic carbocycles. The summed E-state index contributed by atoms with van der Waals surface area (Å²) in [6.45, 7) is 4.00. The maximum atomic E-state index is 12.2. The minimum atomic E-state index is -0.339. The van der Waals surface area contributed by atoms with Gasteiger partial charge in [-0.05, 0) is 49.9 Å². The average Bonchev–Trinajstić information content (AvgIpc) is 3.31. The first-order chi connectivity index (χ1) is 13.7. The number of hydrogen-bond acceptors (Lipinski definition) is 4. The maximum absolute atomic E-state index is 12.2. The highest BCUT2D eigenvalue weighted by atomic mass is 16.5. The Morgan fingerprint density at radius 2 is 2.29 bits per heavy atom. The Kier molecular flexibility index (Phi) is 4.23. The SMILES string of the molecule is CCOC(=O)c1nccn1C[C@H]1CC2c3cccc4[nH]cc(c34)C[C@H]2N(C)C1. The van der Waals surface area contributed by atoms with E-state index in [2.05, 4.69) is 46.3 Å². The highest BCUT2D eigenvalue weighted by Gasteiger charge is 2.39. The van der Waals surface area contributed by atoms with Crippen LogP contribution in [0.1, 0.15) is 41.0 Å². The Bertz CT molecular complexity index is 1020. The number of hydrogen-bond donors (Lipinski definition) is 1. The molecule has 6 heteroatoms. The number of likely N-dealkylation sites (tertiary alicyclic amines) is 1. The summed E-state index contributed by atoms with van der Waals surface area (Å²) in [5, 5.41) is 1.42. The van der Waals surface area contributed by atoms with Gasteiger partial charge in [0.2, 0.25) is 5.82 Å². The van der Waals surface area contributed by atoms with Crippen molar-refractivity contribution in [2.45, 2.75) is 38.3 Å². The van der Waals surface area contributed by atoms with Crippen molar-refractivity contribution in [3.63, 3.8) is 0 Å². The number of aromatic nitrogens is 3. The van der Waals surface area contributed by atoms with Gasteiger partial charge in [-0.1, -0.05) is 12.1 Å². The van der Waals surface area contributed by atoms with Gasteiger partial charge in [0.05, 0.1) is 6.61 Å². The second-order valence-electron chi connectivity index (χ2n) is 8.13. The lowest BCUT2D eigenvalue weighted by molar-refractivity contribution is 0.0500. The molecule has 1 unspecified atom stereocenters. The van der Waals surface area contributed by atoms with Crippen molar-refractivity contribution in [1.29, 1.82) is 0 Å². The Morgan fingerprint density at radius 1 is 1.39 bits per heavy atom. The third-order valence-corrected chi connectivity index (χ3v) is 6.44. The van der Waals surface area contributed by atoms with Crippen LogP contribution in [0.25, 0.3) is 10.9 Å². The predicted molar refractivity (Wildman–Crippen MR) is 107 cm³/mol. The molecule has 6 nitrogen and oxygen atoms in total. The highest BCUT2D eigenvalue weighted by molar-refractivity contribution is 5.88. The molecule has 28 heavy (non-hydrogen) atoms. The van der Waals surface area contributed by atoms with Crippen molar-refractivity contribution in [2.75, 3.05) is 20.2 Å². The number of imidazole rings is 1. The molecule has 1 saturated heterocycles. The van der Waals surface area contributed by atoms with Crippen LogP contribution in [0.2, 0.25) is 0 Å². The molecule has 0 saturated carbocycles. The van der Waals surface area contributed by atoms with E-state index in [4.69, 9.17) is 4.74 Å². The van der Waals surface area contributed by atoms with Gasteiger partial charge in [0.15, 0.2) is 0 Å². The fourth-order valence-electron chi connectivity index (χ4n) is 5.31. The van der Waals surface area contributed by atoms with Crippen molar-refractivity contribution < 1.29 is 9.53 Å². The van der Waals surface area contributed by atoms with Crippen LogP contribution in [0.5, 0.6) is 0 Å². The highest BCUT2D eigenvalue weighted by Crippen LogP contribution is 2.44. The van der Waals surface area contributed by atoms with E-state index in [1.54, 1.807) is 6.20 Å². The molecule has 1 aliphatic carbocycles. The van der Waals surface area contributed by atoms with E-state index in [0.29, 0.717) is 30.3 Å². The average molecular weight is 378 g/mol. The number of nitrogens with zero attached hydrogens (tertiary/aromatic N) is 3. The molecular weight excluding hydrogens is 352 g/mol. The predicted octanol–water partition coefficient (Wildman–Crippen LogP) is 3.20. The second-order valence-corrected chi connectivity index (χ2v) is 8.13. The van der Waals surface area contributed by atoms with E-state index in [1.807, 2.05) is 17.7 Å². The summed E-state index contributed by atoms with van der Waals surface area (Å²) < 4.78 is 7.12. The molecule has 1 aliphatic heterocycles. The zero-order chi connectivity index (χ0) is 19.3. The fraction of sp³-hybridized carbons (Fsp3) is 0.455. The van der Waals surface area contributed by atoms with Gasteiger partial charge >= 0.3 is 5.97 Å². The van der Waals surface area contributed by atoms with E-state index >= 15 is 0 Å². The molecule has 3 aromatic rings. The van der Waals surface area contributed by atoms with E-state index in [9.17, 15) is 4.79 Å². The minimum Gasteiger partial charge on any atom is -0.460 e. The van der Waals surface area contributed by atoms with Crippen LogP contribution in [0, 0.1) is 5.92 Å². The summed E-state index contributed by atoms with van der Waals surface area (Å²) in [5.41, 5.74) is 4.16. The Labute approximate surface area is 164 Å². The molecule has 0 amide bonds. The summed E-state index contributed by atoms with van der Waals surface area (Å²) in [6, 6.07) is 7.17. The van der Waals surface area contributed by atoms with Crippen LogP contribution in [0.15, 0.2) is 36.8 Å². The van der Waals surface area contributed by atoms with Gasteiger partial charge in [-0.3, -0.25) is 0 Å². The van der Waals surface area contributed by atoms with Crippen molar-refractivity contribution in [2.24, 2.45) is 5.92 Å². The molecule has 2 aliphatic rings. The first kappa shape index (κ1) is 17.5. The topological polar surface area (TPSA) is 63.1 Å². The lowest BCUT2D eigenvalue weighted by Gasteiger charge is -2.45. The molecule has 1 N–H and O–H groups in total. The standard InChI is InChI=1S/C22H26N4O2/c1-3-28-22(27)21-23-7-8-26(21)13-14-9-17-16-5-4-6-18-20(16)15(11-24-18)10-19(17)25(2)12-14/h4-8,11,14,17,19,24H,3,9-10,12-13H2,1-2H3/t14-,17?,19+/m0/s1. The van der Waals surface area contributed by atoms with Crippen molar-refractivity contribution in [1.82, 2.24) is 19.4 Å². The smallest absolute Gasteiger partial charge is 0.374 e. The van der Waals surface area contributed by atoms with Gasteiger partial charge in [0.25, 0.3) is 0 Å². The minimum absolute atomic E-state index is 0.339. The first-order valence-corrected chi connectivity index (χ1v) is 10.1. The van der Waals surface area contributed by atoms with Gasteiger partial charge in [0, 0.05) is 54.5 Å². The second kappa shape index (κ2) is 6.78. The third-order valence-electron chi connectivity index (χ3n) is 6.44. The van der Waals surface area contributed by atoms with Gasteiger partial charge in [-0.25, -0.2) is 9.78 Å². The van der Waals surface area contributed by atoms with Gasteiger partial charge < -0.3 is 19.2 Å². The molecule has 3 heterocycles. The number of benzene rings is 1. The molecule has 1 fully saturated rings. The van der Waals surface area contributed by atoms with Gasteiger partial charge in [-0.15, -0.1) is 0 Å². The van der Waals surface area contributed by atoms with E-state index in [-0.39, 0.29) is 5.97 Å². The van der Waals surface area contributed by atoms with Crippen molar-refractivity contribution >= 4 is 16.9 Å². The molecule has 146 valence electrons. The molecule has 0 radical (unpaired) electrons. The van der Waals surface area contributed by atoms with Crippen molar-refractivity contribution in [3.8, 4) is 0 Å². The Morgan fingerprint density at radius 3 is 3.14 bits per heavy atom. The fourth-order valence-corrected chi connectivity index (χ4v) is 5.31. The summed E-state index contributed by atoms with van der Waals surface area (Å²) >= 11 is 0. The number of H-pyrrole nitrogens is 1. The number of aromatic amines is 1. The molecule has 0 spiro atoms. The van der Waals surface area contributed by atoms with Crippen LogP contribution in [-0.2, 0) is 17.7 Å². The first-order valence-electron chi connectivity index (χ1n) is 10.1. The quantitative estimate of drug-likeness (QED) is 0.708. The van der Waals surface area contributed by atoms with Gasteiger partial charge in [0.1, 0.15) is 0 Å². The number of fused-ring (bicyclic) bond motifs is 2. The number of ether oxygens (including phenoxy) is 1. The summed E-state index contributed by atoms with van der Waals surface area (Å²) in [7, 11) is 2.24. The number of rotatable bonds is 4. The summed E-state index contributed by atoms with van der Waals surface area (Å²) in [5.74, 6) is 1.05. The van der Waals surface area contributed by atoms with Crippen LogP contribution < -0.4 is 0 Å². The molecule has 2 aromatic heterocycles. The van der Waals surface area contributed by atoms with Crippen LogP contribution in [0.3, 0.4) is 0 Å². The largest absolute Gasteiger partial charge is 0.460 e. The number of esters is 1. The van der Waals surface area contributed by atoms with Crippen LogP contribution in [-0.4, -0.2) is 51.6 Å². The Balaban J connectivity index is 1.42. The molecule has 3 atom stereocenters. The molecule has 0 bridgehead atoms. The van der Waals surface area contributed by atoms with Gasteiger partial charge in [-0.2, -0.15) is 0 Å². The monoisotopic (exact) mass is 378 g/mol. The number of carbonyl (C=O) groups is 1.